The zero-order valence-corrected chi connectivity index (χ0v) is 9.95. The van der Waals surface area contributed by atoms with E-state index >= 15 is 0 Å². The van der Waals surface area contributed by atoms with Crippen molar-refractivity contribution in [3.05, 3.63) is 0 Å². The molecule has 1 saturated heterocycles. The van der Waals surface area contributed by atoms with Crippen LogP contribution in [0.3, 0.4) is 0 Å². The molecule has 2 nitrogen and oxygen atoms in total. The maximum Gasteiger partial charge on any atom is 0.0718 e. The molecule has 1 heterocycles. The molecule has 0 aromatic rings. The first-order valence-corrected chi connectivity index (χ1v) is 5.86. The Hall–Kier alpha value is 0.270. The fourth-order valence-electron chi connectivity index (χ4n) is 1.80. The SMILES string of the molecule is CC(C)(O)CN1CCSC(C)(C)C1. The third-order valence-corrected chi connectivity index (χ3v) is 3.41. The first kappa shape index (κ1) is 11.3. The molecule has 0 radical (unpaired) electrons. The second-order valence-corrected chi connectivity index (χ2v) is 6.93. The number of hydrogen-bond acceptors (Lipinski definition) is 3. The lowest BCUT2D eigenvalue weighted by molar-refractivity contribution is 0.0349. The van der Waals surface area contributed by atoms with Crippen LogP contribution in [0.15, 0.2) is 0 Å². The fraction of sp³-hybridized carbons (Fsp3) is 1.00. The lowest BCUT2D eigenvalue weighted by Crippen LogP contribution is -2.48. The summed E-state index contributed by atoms with van der Waals surface area (Å²) in [6.45, 7) is 11.3. The molecule has 0 saturated carbocycles. The third kappa shape index (κ3) is 4.34. The summed E-state index contributed by atoms with van der Waals surface area (Å²) in [6, 6.07) is 0. The Balaban J connectivity index is 2.44. The molecule has 0 bridgehead atoms. The van der Waals surface area contributed by atoms with Crippen molar-refractivity contribution < 1.29 is 5.11 Å². The van der Waals surface area contributed by atoms with Crippen molar-refractivity contribution in [2.24, 2.45) is 0 Å². The molecule has 0 aromatic carbocycles. The Morgan fingerprint density at radius 1 is 1.46 bits per heavy atom. The van der Waals surface area contributed by atoms with E-state index in [1.54, 1.807) is 0 Å². The van der Waals surface area contributed by atoms with E-state index in [0.717, 1.165) is 19.6 Å². The van der Waals surface area contributed by atoms with Gasteiger partial charge in [-0.05, 0) is 27.7 Å². The van der Waals surface area contributed by atoms with Crippen LogP contribution >= 0.6 is 11.8 Å². The van der Waals surface area contributed by atoms with Gasteiger partial charge in [-0.15, -0.1) is 0 Å². The minimum absolute atomic E-state index is 0.351. The summed E-state index contributed by atoms with van der Waals surface area (Å²) in [5.41, 5.74) is -0.557. The highest BCUT2D eigenvalue weighted by Gasteiger charge is 2.29. The number of thioether (sulfide) groups is 1. The van der Waals surface area contributed by atoms with Gasteiger partial charge in [0.05, 0.1) is 5.60 Å². The van der Waals surface area contributed by atoms with Gasteiger partial charge in [0, 0.05) is 30.1 Å². The summed E-state index contributed by atoms with van der Waals surface area (Å²) in [5.74, 6) is 1.18. The van der Waals surface area contributed by atoms with Crippen LogP contribution in [0.1, 0.15) is 27.7 Å². The van der Waals surface area contributed by atoms with Crippen LogP contribution in [-0.2, 0) is 0 Å². The number of hydrogen-bond donors (Lipinski definition) is 1. The normalized spacial score (nSPS) is 24.7. The van der Waals surface area contributed by atoms with Crippen molar-refractivity contribution in [1.29, 1.82) is 0 Å². The van der Waals surface area contributed by atoms with Crippen LogP contribution in [0.25, 0.3) is 0 Å². The number of rotatable bonds is 2. The topological polar surface area (TPSA) is 23.5 Å². The Morgan fingerprint density at radius 2 is 2.08 bits per heavy atom. The van der Waals surface area contributed by atoms with E-state index in [1.807, 2.05) is 25.6 Å². The summed E-state index contributed by atoms with van der Waals surface area (Å²) in [5, 5.41) is 9.69. The summed E-state index contributed by atoms with van der Waals surface area (Å²) in [6.07, 6.45) is 0. The standard InChI is InChI=1S/C10H21NOS/c1-9(2,12)7-11-5-6-13-10(3,4)8-11/h12H,5-8H2,1-4H3. The van der Waals surface area contributed by atoms with Gasteiger partial charge in [-0.2, -0.15) is 11.8 Å². The summed E-state index contributed by atoms with van der Waals surface area (Å²) >= 11 is 2.03. The minimum Gasteiger partial charge on any atom is -0.389 e. The molecule has 0 amide bonds. The van der Waals surface area contributed by atoms with Crippen LogP contribution < -0.4 is 0 Å². The third-order valence-electron chi connectivity index (χ3n) is 2.12. The highest BCUT2D eigenvalue weighted by Crippen LogP contribution is 2.29. The highest BCUT2D eigenvalue weighted by atomic mass is 32.2. The average molecular weight is 203 g/mol. The molecular formula is C10H21NOS. The van der Waals surface area contributed by atoms with Gasteiger partial charge in [0.2, 0.25) is 0 Å². The van der Waals surface area contributed by atoms with Crippen molar-refractivity contribution in [2.75, 3.05) is 25.4 Å². The maximum atomic E-state index is 9.69. The second-order valence-electron chi connectivity index (χ2n) is 5.13. The predicted molar refractivity (Wildman–Crippen MR) is 59.3 cm³/mol. The molecule has 1 rings (SSSR count). The molecule has 1 fully saturated rings. The molecule has 78 valence electrons. The largest absolute Gasteiger partial charge is 0.389 e. The van der Waals surface area contributed by atoms with Crippen LogP contribution in [0.5, 0.6) is 0 Å². The van der Waals surface area contributed by atoms with Gasteiger partial charge in [-0.1, -0.05) is 0 Å². The maximum absolute atomic E-state index is 9.69. The van der Waals surface area contributed by atoms with E-state index in [0.29, 0.717) is 4.75 Å². The Morgan fingerprint density at radius 3 is 2.54 bits per heavy atom. The Kier molecular flexibility index (Phi) is 3.31. The van der Waals surface area contributed by atoms with Gasteiger partial charge >= 0.3 is 0 Å². The lowest BCUT2D eigenvalue weighted by atomic mass is 10.1. The summed E-state index contributed by atoms with van der Waals surface area (Å²) < 4.78 is 0.351. The van der Waals surface area contributed by atoms with Crippen molar-refractivity contribution in [1.82, 2.24) is 4.90 Å². The van der Waals surface area contributed by atoms with Crippen LogP contribution in [0.2, 0.25) is 0 Å². The number of nitrogens with zero attached hydrogens (tertiary/aromatic N) is 1. The van der Waals surface area contributed by atoms with Gasteiger partial charge in [0.15, 0.2) is 0 Å². The smallest absolute Gasteiger partial charge is 0.0718 e. The monoisotopic (exact) mass is 203 g/mol. The predicted octanol–water partition coefficient (Wildman–Crippen LogP) is 1.58. The van der Waals surface area contributed by atoms with Crippen LogP contribution in [0, 0.1) is 0 Å². The molecule has 0 unspecified atom stereocenters. The van der Waals surface area contributed by atoms with E-state index in [4.69, 9.17) is 0 Å². The van der Waals surface area contributed by atoms with Crippen molar-refractivity contribution in [2.45, 2.75) is 38.0 Å². The van der Waals surface area contributed by atoms with Crippen LogP contribution in [-0.4, -0.2) is 45.7 Å². The fourth-order valence-corrected chi connectivity index (χ4v) is 2.97. The van der Waals surface area contributed by atoms with Gasteiger partial charge < -0.3 is 5.11 Å². The molecule has 3 heteroatoms. The van der Waals surface area contributed by atoms with E-state index in [1.165, 1.54) is 5.75 Å². The van der Waals surface area contributed by atoms with Crippen molar-refractivity contribution >= 4 is 11.8 Å². The lowest BCUT2D eigenvalue weighted by Gasteiger charge is -2.39. The quantitative estimate of drug-likeness (QED) is 0.737. The van der Waals surface area contributed by atoms with E-state index in [2.05, 4.69) is 18.7 Å². The van der Waals surface area contributed by atoms with Gasteiger partial charge in [0.25, 0.3) is 0 Å². The molecule has 1 N–H and O–H groups in total. The minimum atomic E-state index is -0.557. The first-order chi connectivity index (χ1) is 5.79. The van der Waals surface area contributed by atoms with Crippen molar-refractivity contribution in [3.63, 3.8) is 0 Å². The summed E-state index contributed by atoms with van der Waals surface area (Å²) in [4.78, 5) is 2.36. The van der Waals surface area contributed by atoms with Crippen LogP contribution in [0.4, 0.5) is 0 Å². The Bertz CT molecular complexity index is 172. The number of aliphatic hydroxyl groups is 1. The zero-order chi connectivity index (χ0) is 10.1. The van der Waals surface area contributed by atoms with Crippen molar-refractivity contribution in [3.8, 4) is 0 Å². The van der Waals surface area contributed by atoms with E-state index in [9.17, 15) is 5.11 Å². The average Bonchev–Trinajstić information content (AvgIpc) is 1.79. The molecule has 0 aliphatic carbocycles. The Labute approximate surface area is 85.7 Å². The molecule has 0 spiro atoms. The molecular weight excluding hydrogens is 182 g/mol. The molecule has 1 aliphatic rings. The summed E-state index contributed by atoms with van der Waals surface area (Å²) in [7, 11) is 0. The molecule has 0 atom stereocenters. The number of β-amino-alcohol motifs (C(OH)–C–C–N with tert-alkyl or cyclic N) is 1. The molecule has 1 aliphatic heterocycles. The zero-order valence-electron chi connectivity index (χ0n) is 9.13. The second kappa shape index (κ2) is 3.79. The molecule has 13 heavy (non-hydrogen) atoms. The van der Waals surface area contributed by atoms with Gasteiger partial charge in [0.1, 0.15) is 0 Å². The van der Waals surface area contributed by atoms with Gasteiger partial charge in [-0.25, -0.2) is 0 Å². The molecule has 0 aromatic heterocycles. The van der Waals surface area contributed by atoms with E-state index < -0.39 is 5.60 Å². The van der Waals surface area contributed by atoms with E-state index in [-0.39, 0.29) is 0 Å². The first-order valence-electron chi connectivity index (χ1n) is 4.87. The highest BCUT2D eigenvalue weighted by molar-refractivity contribution is 8.00. The van der Waals surface area contributed by atoms with Gasteiger partial charge in [-0.3, -0.25) is 4.90 Å².